The van der Waals surface area contributed by atoms with Crippen LogP contribution in [0.4, 0.5) is 4.39 Å². The Morgan fingerprint density at radius 1 is 1.30 bits per heavy atom. The van der Waals surface area contributed by atoms with Crippen molar-refractivity contribution in [2.24, 2.45) is 11.3 Å². The monoisotopic (exact) mass is 295 g/mol. The molecule has 3 aliphatic rings. The summed E-state index contributed by atoms with van der Waals surface area (Å²) in [6.45, 7) is 0.421. The van der Waals surface area contributed by atoms with Gasteiger partial charge in [-0.1, -0.05) is 17.7 Å². The first kappa shape index (κ1) is 13.9. The molecule has 0 heterocycles. The molecular weight excluding hydrogens is 277 g/mol. The lowest BCUT2D eigenvalue weighted by Crippen LogP contribution is -2.46. The summed E-state index contributed by atoms with van der Waals surface area (Å²) < 4.78 is 13.1. The zero-order valence-corrected chi connectivity index (χ0v) is 12.2. The molecule has 0 unspecified atom stereocenters. The van der Waals surface area contributed by atoms with Gasteiger partial charge in [0, 0.05) is 12.0 Å². The number of carbonyl (C=O) groups excluding carboxylic acids is 1. The fourth-order valence-corrected chi connectivity index (χ4v) is 3.81. The lowest BCUT2D eigenvalue weighted by molar-refractivity contribution is -0.137. The van der Waals surface area contributed by atoms with Crippen molar-refractivity contribution in [3.63, 3.8) is 0 Å². The molecule has 3 fully saturated rings. The topological polar surface area (TPSA) is 29.1 Å². The van der Waals surface area contributed by atoms with E-state index in [0.29, 0.717) is 6.54 Å². The minimum atomic E-state index is -0.425. The van der Waals surface area contributed by atoms with Crippen LogP contribution in [0.2, 0.25) is 5.02 Å². The van der Waals surface area contributed by atoms with Crippen LogP contribution in [0, 0.1) is 17.2 Å². The largest absolute Gasteiger partial charge is 0.352 e. The van der Waals surface area contributed by atoms with Crippen LogP contribution in [0.5, 0.6) is 0 Å². The molecule has 4 rings (SSSR count). The van der Waals surface area contributed by atoms with Crippen molar-refractivity contribution in [1.82, 2.24) is 5.32 Å². The van der Waals surface area contributed by atoms with Crippen LogP contribution in [0.1, 0.15) is 44.1 Å². The van der Waals surface area contributed by atoms with Crippen LogP contribution in [0.25, 0.3) is 0 Å². The number of amides is 1. The van der Waals surface area contributed by atoms with E-state index in [-0.39, 0.29) is 16.3 Å². The molecule has 1 aromatic carbocycles. The number of rotatable bonds is 3. The molecule has 0 radical (unpaired) electrons. The molecule has 1 N–H and O–H groups in total. The smallest absolute Gasteiger partial charge is 0.226 e. The third-order valence-corrected chi connectivity index (χ3v) is 5.30. The molecule has 0 spiro atoms. The summed E-state index contributed by atoms with van der Waals surface area (Å²) in [5.41, 5.74) is 0.698. The van der Waals surface area contributed by atoms with Crippen LogP contribution in [0.15, 0.2) is 18.2 Å². The Hall–Kier alpha value is -1.09. The fourth-order valence-electron chi connectivity index (χ4n) is 3.61. The molecule has 0 aromatic heterocycles. The van der Waals surface area contributed by atoms with Crippen molar-refractivity contribution < 1.29 is 9.18 Å². The minimum Gasteiger partial charge on any atom is -0.352 e. The van der Waals surface area contributed by atoms with Gasteiger partial charge < -0.3 is 5.32 Å². The molecule has 20 heavy (non-hydrogen) atoms. The van der Waals surface area contributed by atoms with Gasteiger partial charge in [0.25, 0.3) is 0 Å². The number of hydrogen-bond donors (Lipinski definition) is 1. The van der Waals surface area contributed by atoms with Crippen molar-refractivity contribution in [2.45, 2.75) is 45.1 Å². The average Bonchev–Trinajstić information content (AvgIpc) is 2.50. The summed E-state index contributed by atoms with van der Waals surface area (Å²) >= 11 is 5.75. The van der Waals surface area contributed by atoms with Crippen molar-refractivity contribution in [3.05, 3.63) is 34.6 Å². The van der Waals surface area contributed by atoms with E-state index in [1.54, 1.807) is 12.1 Å². The van der Waals surface area contributed by atoms with Gasteiger partial charge in [-0.05, 0) is 62.1 Å². The molecule has 0 atom stereocenters. The highest BCUT2D eigenvalue weighted by molar-refractivity contribution is 6.30. The Morgan fingerprint density at radius 2 is 1.95 bits per heavy atom. The maximum absolute atomic E-state index is 13.1. The summed E-state index contributed by atoms with van der Waals surface area (Å²) in [5, 5.41) is 3.12. The molecule has 0 saturated heterocycles. The Balaban J connectivity index is 1.63. The molecular formula is C16H19ClFNO. The quantitative estimate of drug-likeness (QED) is 0.895. The van der Waals surface area contributed by atoms with Crippen LogP contribution in [0.3, 0.4) is 0 Å². The van der Waals surface area contributed by atoms with Gasteiger partial charge >= 0.3 is 0 Å². The number of carbonyl (C=O) groups is 1. The maximum Gasteiger partial charge on any atom is 0.226 e. The molecule has 2 bridgehead atoms. The summed E-state index contributed by atoms with van der Waals surface area (Å²) in [7, 11) is 0. The van der Waals surface area contributed by atoms with Gasteiger partial charge in [0.2, 0.25) is 5.91 Å². The Kier molecular flexibility index (Phi) is 3.72. The van der Waals surface area contributed by atoms with E-state index in [2.05, 4.69) is 5.32 Å². The summed E-state index contributed by atoms with van der Waals surface area (Å²) in [4.78, 5) is 12.5. The molecule has 0 aliphatic heterocycles. The highest BCUT2D eigenvalue weighted by atomic mass is 35.5. The molecule has 1 amide bonds. The lowest BCUT2D eigenvalue weighted by atomic mass is 9.60. The third-order valence-electron chi connectivity index (χ3n) is 5.01. The zero-order valence-electron chi connectivity index (χ0n) is 11.4. The van der Waals surface area contributed by atoms with Gasteiger partial charge in [0.05, 0.1) is 5.02 Å². The van der Waals surface area contributed by atoms with Crippen LogP contribution in [-0.2, 0) is 11.3 Å². The summed E-state index contributed by atoms with van der Waals surface area (Å²) in [6.07, 6.45) is 6.64. The van der Waals surface area contributed by atoms with E-state index in [1.165, 1.54) is 25.3 Å². The van der Waals surface area contributed by atoms with Gasteiger partial charge in [-0.3, -0.25) is 4.79 Å². The average molecular weight is 296 g/mol. The minimum absolute atomic E-state index is 0.105. The number of hydrogen-bond acceptors (Lipinski definition) is 1. The normalized spacial score (nSPS) is 28.4. The first-order valence-corrected chi connectivity index (χ1v) is 7.69. The van der Waals surface area contributed by atoms with E-state index in [1.807, 2.05) is 0 Å². The van der Waals surface area contributed by atoms with E-state index >= 15 is 0 Å². The van der Waals surface area contributed by atoms with E-state index in [4.69, 9.17) is 11.6 Å². The second-order valence-electron chi connectivity index (χ2n) is 6.19. The Morgan fingerprint density at radius 3 is 2.55 bits per heavy atom. The van der Waals surface area contributed by atoms with Gasteiger partial charge in [-0.2, -0.15) is 0 Å². The van der Waals surface area contributed by atoms with E-state index in [0.717, 1.165) is 30.7 Å². The molecule has 4 heteroatoms. The SMILES string of the molecule is O=C(NCc1ccc(F)c(Cl)c1)C12CCC(CC1)CC2. The molecule has 3 saturated carbocycles. The number of benzene rings is 1. The van der Waals surface area contributed by atoms with Crippen molar-refractivity contribution in [3.8, 4) is 0 Å². The predicted molar refractivity (Wildman–Crippen MR) is 76.9 cm³/mol. The van der Waals surface area contributed by atoms with Gasteiger partial charge in [-0.15, -0.1) is 0 Å². The Bertz CT molecular complexity index is 509. The molecule has 1 aromatic rings. The first-order valence-electron chi connectivity index (χ1n) is 7.31. The summed E-state index contributed by atoms with van der Waals surface area (Å²) in [5.74, 6) is 0.586. The van der Waals surface area contributed by atoms with Crippen molar-refractivity contribution >= 4 is 17.5 Å². The maximum atomic E-state index is 13.1. The second-order valence-corrected chi connectivity index (χ2v) is 6.60. The van der Waals surface area contributed by atoms with Crippen LogP contribution in [-0.4, -0.2) is 5.91 Å². The van der Waals surface area contributed by atoms with Crippen LogP contribution >= 0.6 is 11.6 Å². The first-order chi connectivity index (χ1) is 9.59. The number of fused-ring (bicyclic) bond motifs is 3. The molecule has 108 valence electrons. The molecule has 2 nitrogen and oxygen atoms in total. The third kappa shape index (κ3) is 2.56. The highest BCUT2D eigenvalue weighted by Gasteiger charge is 2.45. The summed E-state index contributed by atoms with van der Waals surface area (Å²) in [6, 6.07) is 4.58. The van der Waals surface area contributed by atoms with Gasteiger partial charge in [0.15, 0.2) is 0 Å². The van der Waals surface area contributed by atoms with E-state index < -0.39 is 5.82 Å². The zero-order chi connectivity index (χ0) is 14.2. The number of nitrogens with one attached hydrogen (secondary N) is 1. The standard InChI is InChI=1S/C16H19ClFNO/c17-13-9-12(1-2-14(13)18)10-19-15(20)16-6-3-11(4-7-16)5-8-16/h1-2,9,11H,3-8,10H2,(H,19,20). The number of halogens is 2. The van der Waals surface area contributed by atoms with Crippen molar-refractivity contribution in [1.29, 1.82) is 0 Å². The van der Waals surface area contributed by atoms with Crippen molar-refractivity contribution in [2.75, 3.05) is 0 Å². The highest BCUT2D eigenvalue weighted by Crippen LogP contribution is 2.50. The van der Waals surface area contributed by atoms with Crippen LogP contribution < -0.4 is 5.32 Å². The predicted octanol–water partition coefficient (Wildman–Crippen LogP) is 4.07. The lowest BCUT2D eigenvalue weighted by Gasteiger charge is -2.45. The fraction of sp³-hybridized carbons (Fsp3) is 0.562. The second kappa shape index (κ2) is 5.36. The van der Waals surface area contributed by atoms with Gasteiger partial charge in [0.1, 0.15) is 5.82 Å². The Labute approximate surface area is 123 Å². The van der Waals surface area contributed by atoms with Gasteiger partial charge in [-0.25, -0.2) is 4.39 Å². The van der Waals surface area contributed by atoms with E-state index in [9.17, 15) is 9.18 Å². The molecule has 3 aliphatic carbocycles.